The molecule has 0 aromatic heterocycles. The molecule has 1 atom stereocenters. The van der Waals surface area contributed by atoms with E-state index in [4.69, 9.17) is 11.6 Å². The molecule has 17 heavy (non-hydrogen) atoms. The lowest BCUT2D eigenvalue weighted by molar-refractivity contribution is -0.148. The van der Waals surface area contributed by atoms with Crippen LogP contribution in [0, 0.1) is 5.41 Å². The normalized spacial score (nSPS) is 19.3. The minimum absolute atomic E-state index is 0.0603. The fourth-order valence-corrected chi connectivity index (χ4v) is 2.71. The van der Waals surface area contributed by atoms with Crippen molar-refractivity contribution in [1.29, 1.82) is 0 Å². The number of aliphatic carboxylic acids is 1. The lowest BCUT2D eigenvalue weighted by Gasteiger charge is -2.33. The van der Waals surface area contributed by atoms with Crippen molar-refractivity contribution in [3.63, 3.8) is 0 Å². The summed E-state index contributed by atoms with van der Waals surface area (Å²) in [5, 5.41) is 10.0. The molecule has 1 heterocycles. The molecule has 1 aliphatic rings. The van der Waals surface area contributed by atoms with Crippen molar-refractivity contribution in [2.45, 2.75) is 26.3 Å². The molecule has 1 N–H and O–H groups in total. The maximum absolute atomic E-state index is 11.3. The second-order valence-corrected chi connectivity index (χ2v) is 5.50. The van der Waals surface area contributed by atoms with Crippen LogP contribution < -0.4 is 4.90 Å². The molecule has 1 aromatic rings. The lowest BCUT2D eigenvalue weighted by Crippen LogP contribution is -2.46. The molecule has 0 radical (unpaired) electrons. The van der Waals surface area contributed by atoms with Crippen LogP contribution in [0.4, 0.5) is 5.69 Å². The molecule has 0 spiro atoms. The van der Waals surface area contributed by atoms with Crippen molar-refractivity contribution in [3.05, 3.63) is 28.8 Å². The largest absolute Gasteiger partial charge is 0.481 e. The third kappa shape index (κ3) is 1.78. The highest BCUT2D eigenvalue weighted by atomic mass is 35.5. The summed E-state index contributed by atoms with van der Waals surface area (Å²) >= 11 is 6.16. The van der Waals surface area contributed by atoms with E-state index in [1.165, 1.54) is 0 Å². The van der Waals surface area contributed by atoms with E-state index in [2.05, 4.69) is 0 Å². The second kappa shape index (κ2) is 3.91. The maximum atomic E-state index is 11.3. The highest BCUT2D eigenvalue weighted by Gasteiger charge is 2.43. The summed E-state index contributed by atoms with van der Waals surface area (Å²) in [5.41, 5.74) is 1.30. The molecule has 2 rings (SSSR count). The Labute approximate surface area is 106 Å². The van der Waals surface area contributed by atoms with Gasteiger partial charge in [0.15, 0.2) is 0 Å². The monoisotopic (exact) mass is 253 g/mol. The Morgan fingerprint density at radius 2 is 2.18 bits per heavy atom. The van der Waals surface area contributed by atoms with Crippen LogP contribution in [0.3, 0.4) is 0 Å². The van der Waals surface area contributed by atoms with Crippen molar-refractivity contribution >= 4 is 23.3 Å². The molecule has 4 heteroatoms. The van der Waals surface area contributed by atoms with Crippen LogP contribution in [0.25, 0.3) is 0 Å². The number of rotatable bonds is 2. The van der Waals surface area contributed by atoms with Gasteiger partial charge in [-0.25, -0.2) is 0 Å². The summed E-state index contributed by atoms with van der Waals surface area (Å²) in [6.07, 6.45) is 0.685. The number of anilines is 1. The van der Waals surface area contributed by atoms with Gasteiger partial charge in [-0.15, -0.1) is 0 Å². The molecule has 92 valence electrons. The summed E-state index contributed by atoms with van der Waals surface area (Å²) in [6, 6.07) is 5.67. The van der Waals surface area contributed by atoms with Gasteiger partial charge in [0, 0.05) is 23.8 Å². The average molecular weight is 254 g/mol. The number of carbonyl (C=O) groups is 1. The first-order chi connectivity index (χ1) is 7.85. The van der Waals surface area contributed by atoms with Gasteiger partial charge in [-0.3, -0.25) is 4.79 Å². The number of carboxylic acids is 1. The van der Waals surface area contributed by atoms with Crippen molar-refractivity contribution in [2.75, 3.05) is 11.9 Å². The number of hydrogen-bond donors (Lipinski definition) is 1. The summed E-state index contributed by atoms with van der Waals surface area (Å²) in [5.74, 6) is -0.779. The van der Waals surface area contributed by atoms with E-state index in [0.29, 0.717) is 6.42 Å². The number of halogens is 1. The Morgan fingerprint density at radius 1 is 1.53 bits per heavy atom. The van der Waals surface area contributed by atoms with Gasteiger partial charge in [-0.05, 0) is 38.0 Å². The Balaban J connectivity index is 2.41. The van der Waals surface area contributed by atoms with E-state index in [1.54, 1.807) is 13.8 Å². The summed E-state index contributed by atoms with van der Waals surface area (Å²) in [6.45, 7) is 3.52. The number of hydrogen-bond acceptors (Lipinski definition) is 2. The van der Waals surface area contributed by atoms with Gasteiger partial charge in [0.2, 0.25) is 0 Å². The fraction of sp³-hybridized carbons (Fsp3) is 0.462. The summed E-state index contributed by atoms with van der Waals surface area (Å²) in [4.78, 5) is 13.4. The Kier molecular flexibility index (Phi) is 2.82. The third-order valence-electron chi connectivity index (χ3n) is 3.72. The van der Waals surface area contributed by atoms with Crippen molar-refractivity contribution in [3.8, 4) is 0 Å². The van der Waals surface area contributed by atoms with Gasteiger partial charge in [0.25, 0.3) is 0 Å². The summed E-state index contributed by atoms with van der Waals surface area (Å²) < 4.78 is 0. The molecule has 1 aromatic carbocycles. The predicted molar refractivity (Wildman–Crippen MR) is 68.8 cm³/mol. The zero-order chi connectivity index (χ0) is 12.8. The van der Waals surface area contributed by atoms with Gasteiger partial charge >= 0.3 is 5.97 Å². The highest BCUT2D eigenvalue weighted by Crippen LogP contribution is 2.41. The van der Waals surface area contributed by atoms with Gasteiger partial charge in [0.05, 0.1) is 5.41 Å². The quantitative estimate of drug-likeness (QED) is 0.881. The Bertz CT molecular complexity index is 470. The molecule has 0 fully saturated rings. The standard InChI is InChI=1S/C13H16ClNO2/c1-13(2,12(16)17)11-7-8-9(14)5-4-6-10(8)15(11)3/h4-6,11H,7H2,1-3H3,(H,16,17). The van der Waals surface area contributed by atoms with Crippen molar-refractivity contribution < 1.29 is 9.90 Å². The smallest absolute Gasteiger partial charge is 0.311 e. The third-order valence-corrected chi connectivity index (χ3v) is 4.08. The van der Waals surface area contributed by atoms with E-state index in [-0.39, 0.29) is 6.04 Å². The van der Waals surface area contributed by atoms with Gasteiger partial charge in [-0.1, -0.05) is 17.7 Å². The SMILES string of the molecule is CN1c2cccc(Cl)c2CC1C(C)(C)C(=O)O. The molecular formula is C13H16ClNO2. The minimum atomic E-state index is -0.795. The second-order valence-electron chi connectivity index (χ2n) is 5.10. The van der Waals surface area contributed by atoms with E-state index >= 15 is 0 Å². The van der Waals surface area contributed by atoms with Crippen LogP contribution in [0.1, 0.15) is 19.4 Å². The molecule has 0 bridgehead atoms. The summed E-state index contributed by atoms with van der Waals surface area (Å²) in [7, 11) is 1.93. The lowest BCUT2D eigenvalue weighted by atomic mass is 9.82. The van der Waals surface area contributed by atoms with Gasteiger partial charge in [-0.2, -0.15) is 0 Å². The van der Waals surface area contributed by atoms with Crippen LogP contribution >= 0.6 is 11.6 Å². The van der Waals surface area contributed by atoms with E-state index in [0.717, 1.165) is 16.3 Å². The number of carboxylic acid groups (broad SMARTS) is 1. The average Bonchev–Trinajstić information content (AvgIpc) is 2.58. The molecule has 0 aliphatic carbocycles. The first kappa shape index (κ1) is 12.2. The molecule has 1 unspecified atom stereocenters. The molecule has 0 amide bonds. The molecular weight excluding hydrogens is 238 g/mol. The van der Waals surface area contributed by atoms with Gasteiger partial charge < -0.3 is 10.0 Å². The zero-order valence-electron chi connectivity index (χ0n) is 10.2. The Morgan fingerprint density at radius 3 is 2.71 bits per heavy atom. The van der Waals surface area contributed by atoms with E-state index < -0.39 is 11.4 Å². The van der Waals surface area contributed by atoms with Crippen LogP contribution in [0.15, 0.2) is 18.2 Å². The molecule has 0 saturated carbocycles. The number of fused-ring (bicyclic) bond motifs is 1. The van der Waals surface area contributed by atoms with E-state index in [1.807, 2.05) is 30.1 Å². The number of benzene rings is 1. The number of likely N-dealkylation sites (N-methyl/N-ethyl adjacent to an activating group) is 1. The molecule has 0 saturated heterocycles. The van der Waals surface area contributed by atoms with E-state index in [9.17, 15) is 9.90 Å². The number of nitrogens with zero attached hydrogens (tertiary/aromatic N) is 1. The fourth-order valence-electron chi connectivity index (χ4n) is 2.46. The first-order valence-corrected chi connectivity index (χ1v) is 5.97. The molecule has 1 aliphatic heterocycles. The Hall–Kier alpha value is -1.22. The maximum Gasteiger partial charge on any atom is 0.311 e. The first-order valence-electron chi connectivity index (χ1n) is 5.59. The van der Waals surface area contributed by atoms with Crippen molar-refractivity contribution in [2.24, 2.45) is 5.41 Å². The minimum Gasteiger partial charge on any atom is -0.481 e. The zero-order valence-corrected chi connectivity index (χ0v) is 11.0. The highest BCUT2D eigenvalue weighted by molar-refractivity contribution is 6.31. The van der Waals surface area contributed by atoms with Crippen LogP contribution in [-0.4, -0.2) is 24.2 Å². The molecule has 3 nitrogen and oxygen atoms in total. The van der Waals surface area contributed by atoms with Crippen molar-refractivity contribution in [1.82, 2.24) is 0 Å². The van der Waals surface area contributed by atoms with Crippen LogP contribution in [0.5, 0.6) is 0 Å². The van der Waals surface area contributed by atoms with Gasteiger partial charge in [0.1, 0.15) is 0 Å². The van der Waals surface area contributed by atoms with Crippen LogP contribution in [0.2, 0.25) is 5.02 Å². The van der Waals surface area contributed by atoms with Crippen LogP contribution in [-0.2, 0) is 11.2 Å². The topological polar surface area (TPSA) is 40.5 Å². The predicted octanol–water partition coefficient (Wildman–Crippen LogP) is 2.81.